The molecule has 0 atom stereocenters. The van der Waals surface area contributed by atoms with Crippen LogP contribution in [-0.4, -0.2) is 35.6 Å². The minimum absolute atomic E-state index is 0.0826. The highest BCUT2D eigenvalue weighted by molar-refractivity contribution is 5.70. The van der Waals surface area contributed by atoms with Crippen LogP contribution in [0.4, 0.5) is 0 Å². The molecule has 0 heterocycles. The average Bonchev–Trinajstić information content (AvgIpc) is 2.26. The molecule has 0 aromatic carbocycles. The molecule has 1 saturated carbocycles. The minimum Gasteiger partial charge on any atom is -0.481 e. The monoisotopic (exact) mass is 213 g/mol. The Bertz CT molecular complexity index is 198. The Morgan fingerprint density at radius 2 is 1.93 bits per heavy atom. The number of unbranched alkanes of at least 4 members (excludes halogenated alkanes) is 1. The van der Waals surface area contributed by atoms with Crippen molar-refractivity contribution in [3.8, 4) is 0 Å². The van der Waals surface area contributed by atoms with Crippen molar-refractivity contribution in [2.45, 2.75) is 51.5 Å². The fourth-order valence-corrected chi connectivity index (χ4v) is 2.35. The van der Waals surface area contributed by atoms with Crippen molar-refractivity contribution in [1.82, 2.24) is 4.90 Å². The molecule has 0 aromatic rings. The molecule has 1 aliphatic rings. The van der Waals surface area contributed by atoms with Crippen LogP contribution in [-0.2, 0) is 4.79 Å². The third kappa shape index (κ3) is 3.82. The quantitative estimate of drug-likeness (QED) is 0.762. The van der Waals surface area contributed by atoms with Crippen LogP contribution in [0.1, 0.15) is 45.4 Å². The zero-order valence-electron chi connectivity index (χ0n) is 9.91. The lowest BCUT2D eigenvalue weighted by Gasteiger charge is -2.33. The van der Waals surface area contributed by atoms with Gasteiger partial charge in [-0.25, -0.2) is 0 Å². The summed E-state index contributed by atoms with van der Waals surface area (Å²) in [4.78, 5) is 13.2. The molecule has 0 aliphatic heterocycles. The number of rotatable bonds is 5. The van der Waals surface area contributed by atoms with Crippen LogP contribution < -0.4 is 0 Å². The van der Waals surface area contributed by atoms with E-state index in [1.165, 1.54) is 12.8 Å². The molecule has 0 amide bonds. The summed E-state index contributed by atoms with van der Waals surface area (Å²) in [6.07, 6.45) is 6.30. The SMILES string of the molecule is CCCCN(C)C1CCC(C(=O)O)CC1. The van der Waals surface area contributed by atoms with Gasteiger partial charge in [-0.05, 0) is 45.7 Å². The molecule has 3 heteroatoms. The van der Waals surface area contributed by atoms with Gasteiger partial charge in [0.1, 0.15) is 0 Å². The molecule has 1 N–H and O–H groups in total. The Morgan fingerprint density at radius 3 is 2.40 bits per heavy atom. The number of carbonyl (C=O) groups is 1. The molecule has 1 fully saturated rings. The maximum atomic E-state index is 10.8. The molecule has 3 nitrogen and oxygen atoms in total. The number of hydrogen-bond donors (Lipinski definition) is 1. The van der Waals surface area contributed by atoms with Gasteiger partial charge in [-0.1, -0.05) is 13.3 Å². The highest BCUT2D eigenvalue weighted by Gasteiger charge is 2.27. The van der Waals surface area contributed by atoms with Crippen molar-refractivity contribution >= 4 is 5.97 Å². The maximum absolute atomic E-state index is 10.8. The number of carboxylic acid groups (broad SMARTS) is 1. The van der Waals surface area contributed by atoms with E-state index in [-0.39, 0.29) is 5.92 Å². The second kappa shape index (κ2) is 6.11. The van der Waals surface area contributed by atoms with Crippen molar-refractivity contribution in [2.24, 2.45) is 5.92 Å². The van der Waals surface area contributed by atoms with Gasteiger partial charge in [0, 0.05) is 6.04 Å². The second-order valence-electron chi connectivity index (χ2n) is 4.68. The molecule has 1 aliphatic carbocycles. The van der Waals surface area contributed by atoms with Gasteiger partial charge in [0.05, 0.1) is 5.92 Å². The summed E-state index contributed by atoms with van der Waals surface area (Å²) in [5.41, 5.74) is 0. The summed E-state index contributed by atoms with van der Waals surface area (Å²) in [6, 6.07) is 0.618. The third-order valence-corrected chi connectivity index (χ3v) is 3.53. The van der Waals surface area contributed by atoms with E-state index >= 15 is 0 Å². The van der Waals surface area contributed by atoms with E-state index in [2.05, 4.69) is 18.9 Å². The van der Waals surface area contributed by atoms with E-state index in [9.17, 15) is 4.79 Å². The molecular weight excluding hydrogens is 190 g/mol. The van der Waals surface area contributed by atoms with Gasteiger partial charge in [0.2, 0.25) is 0 Å². The lowest BCUT2D eigenvalue weighted by molar-refractivity contribution is -0.143. The highest BCUT2D eigenvalue weighted by Crippen LogP contribution is 2.27. The summed E-state index contributed by atoms with van der Waals surface area (Å²) >= 11 is 0. The minimum atomic E-state index is -0.607. The molecule has 0 spiro atoms. The van der Waals surface area contributed by atoms with Gasteiger partial charge in [-0.15, -0.1) is 0 Å². The van der Waals surface area contributed by atoms with Crippen molar-refractivity contribution < 1.29 is 9.90 Å². The number of aliphatic carboxylic acids is 1. The Morgan fingerprint density at radius 1 is 1.33 bits per heavy atom. The predicted molar refractivity (Wildman–Crippen MR) is 60.9 cm³/mol. The van der Waals surface area contributed by atoms with Crippen molar-refractivity contribution in [3.63, 3.8) is 0 Å². The van der Waals surface area contributed by atoms with E-state index in [1.807, 2.05) is 0 Å². The number of hydrogen-bond acceptors (Lipinski definition) is 2. The van der Waals surface area contributed by atoms with Gasteiger partial charge in [-0.3, -0.25) is 4.79 Å². The van der Waals surface area contributed by atoms with E-state index < -0.39 is 5.97 Å². The molecule has 0 bridgehead atoms. The largest absolute Gasteiger partial charge is 0.481 e. The zero-order chi connectivity index (χ0) is 11.3. The summed E-state index contributed by atoms with van der Waals surface area (Å²) in [7, 11) is 2.17. The van der Waals surface area contributed by atoms with Crippen LogP contribution >= 0.6 is 0 Å². The molecule has 15 heavy (non-hydrogen) atoms. The molecule has 0 aromatic heterocycles. The molecule has 1 rings (SSSR count). The van der Waals surface area contributed by atoms with Gasteiger partial charge in [-0.2, -0.15) is 0 Å². The first-order valence-electron chi connectivity index (χ1n) is 6.08. The number of carboxylic acids is 1. The maximum Gasteiger partial charge on any atom is 0.306 e. The van der Waals surface area contributed by atoms with E-state index in [0.717, 1.165) is 32.2 Å². The fraction of sp³-hybridized carbons (Fsp3) is 0.917. The molecule has 0 saturated heterocycles. The van der Waals surface area contributed by atoms with Crippen LogP contribution in [0.3, 0.4) is 0 Å². The van der Waals surface area contributed by atoms with Gasteiger partial charge in [0.15, 0.2) is 0 Å². The Hall–Kier alpha value is -0.570. The van der Waals surface area contributed by atoms with Crippen LogP contribution in [0.2, 0.25) is 0 Å². The van der Waals surface area contributed by atoms with Crippen LogP contribution in [0.25, 0.3) is 0 Å². The Labute approximate surface area is 92.5 Å². The first-order chi connectivity index (χ1) is 7.15. The average molecular weight is 213 g/mol. The Kier molecular flexibility index (Phi) is 5.09. The van der Waals surface area contributed by atoms with Gasteiger partial charge >= 0.3 is 5.97 Å². The Balaban J connectivity index is 2.27. The topological polar surface area (TPSA) is 40.5 Å². The highest BCUT2D eigenvalue weighted by atomic mass is 16.4. The van der Waals surface area contributed by atoms with Crippen molar-refractivity contribution in [2.75, 3.05) is 13.6 Å². The van der Waals surface area contributed by atoms with Gasteiger partial charge in [0.25, 0.3) is 0 Å². The normalized spacial score (nSPS) is 26.9. The lowest BCUT2D eigenvalue weighted by atomic mass is 9.85. The summed E-state index contributed by atoms with van der Waals surface area (Å²) in [5, 5.41) is 8.89. The second-order valence-corrected chi connectivity index (χ2v) is 4.68. The van der Waals surface area contributed by atoms with E-state index in [1.54, 1.807) is 0 Å². The molecule has 0 unspecified atom stereocenters. The van der Waals surface area contributed by atoms with E-state index in [0.29, 0.717) is 6.04 Å². The molecule has 88 valence electrons. The standard InChI is InChI=1S/C12H23NO2/c1-3-4-9-13(2)11-7-5-10(6-8-11)12(14)15/h10-11H,3-9H2,1-2H3,(H,14,15). The van der Waals surface area contributed by atoms with E-state index in [4.69, 9.17) is 5.11 Å². The van der Waals surface area contributed by atoms with Crippen molar-refractivity contribution in [1.29, 1.82) is 0 Å². The van der Waals surface area contributed by atoms with Crippen LogP contribution in [0.5, 0.6) is 0 Å². The lowest BCUT2D eigenvalue weighted by Crippen LogP contribution is -2.37. The third-order valence-electron chi connectivity index (χ3n) is 3.53. The molecular formula is C12H23NO2. The zero-order valence-corrected chi connectivity index (χ0v) is 9.91. The summed E-state index contributed by atoms with van der Waals surface area (Å²) in [5.74, 6) is -0.689. The predicted octanol–water partition coefficient (Wildman–Crippen LogP) is 2.36. The van der Waals surface area contributed by atoms with Crippen LogP contribution in [0, 0.1) is 5.92 Å². The van der Waals surface area contributed by atoms with Crippen LogP contribution in [0.15, 0.2) is 0 Å². The summed E-state index contributed by atoms with van der Waals surface area (Å²) in [6.45, 7) is 3.36. The number of nitrogens with zero attached hydrogens (tertiary/aromatic N) is 1. The first kappa shape index (κ1) is 12.5. The van der Waals surface area contributed by atoms with Gasteiger partial charge < -0.3 is 10.0 Å². The fourth-order valence-electron chi connectivity index (χ4n) is 2.35. The van der Waals surface area contributed by atoms with Crippen molar-refractivity contribution in [3.05, 3.63) is 0 Å². The molecule has 0 radical (unpaired) electrons. The first-order valence-corrected chi connectivity index (χ1v) is 6.08. The summed E-state index contributed by atoms with van der Waals surface area (Å²) < 4.78 is 0. The smallest absolute Gasteiger partial charge is 0.306 e.